The van der Waals surface area contributed by atoms with Crippen molar-refractivity contribution in [3.63, 3.8) is 0 Å². The van der Waals surface area contributed by atoms with Gasteiger partial charge in [-0.3, -0.25) is 4.79 Å². The number of fused-ring (bicyclic) bond motifs is 1. The summed E-state index contributed by atoms with van der Waals surface area (Å²) < 4.78 is 29.8. The maximum atomic E-state index is 11.9. The zero-order valence-electron chi connectivity index (χ0n) is 12.0. The highest BCUT2D eigenvalue weighted by molar-refractivity contribution is 7.92. The third-order valence-electron chi connectivity index (χ3n) is 3.84. The summed E-state index contributed by atoms with van der Waals surface area (Å²) in [6.07, 6.45) is 1.68. The third-order valence-corrected chi connectivity index (χ3v) is 5.44. The van der Waals surface area contributed by atoms with Crippen LogP contribution in [0.5, 0.6) is 5.75 Å². The lowest BCUT2D eigenvalue weighted by molar-refractivity contribution is -0.134. The Morgan fingerprint density at radius 3 is 2.62 bits per heavy atom. The van der Waals surface area contributed by atoms with Crippen molar-refractivity contribution >= 4 is 21.5 Å². The van der Waals surface area contributed by atoms with Gasteiger partial charge in [-0.05, 0) is 31.0 Å². The molecule has 1 aliphatic rings. The normalized spacial score (nSPS) is 16.5. The highest BCUT2D eigenvalue weighted by atomic mass is 32.2. The van der Waals surface area contributed by atoms with Gasteiger partial charge in [0.25, 0.3) is 0 Å². The number of sulfone groups is 1. The number of benzene rings is 1. The Kier molecular flexibility index (Phi) is 4.13. The molecule has 0 saturated carbocycles. The number of carbonyl (C=O) groups is 1. The average Bonchev–Trinajstić information content (AvgIpc) is 2.44. The first-order chi connectivity index (χ1) is 9.82. The molecule has 7 heteroatoms. The van der Waals surface area contributed by atoms with E-state index in [-0.39, 0.29) is 10.5 Å². The lowest BCUT2D eigenvalue weighted by Gasteiger charge is -2.38. The van der Waals surface area contributed by atoms with Gasteiger partial charge in [-0.2, -0.15) is 0 Å². The number of hydrogen-bond donors (Lipinski definition) is 2. The first-order valence-corrected chi connectivity index (χ1v) is 8.48. The van der Waals surface area contributed by atoms with Crippen molar-refractivity contribution in [3.05, 3.63) is 18.2 Å². The summed E-state index contributed by atoms with van der Waals surface area (Å²) in [6, 6.07) is 4.40. The molecule has 6 nitrogen and oxygen atoms in total. The molecule has 1 aromatic carbocycles. The lowest BCUT2D eigenvalue weighted by atomic mass is 9.95. The van der Waals surface area contributed by atoms with Gasteiger partial charge in [0.15, 0.2) is 15.6 Å². The van der Waals surface area contributed by atoms with E-state index >= 15 is 0 Å². The Hall–Kier alpha value is -1.76. The minimum Gasteiger partial charge on any atom is -0.483 e. The van der Waals surface area contributed by atoms with E-state index in [1.807, 2.05) is 13.8 Å². The molecule has 0 spiro atoms. The monoisotopic (exact) mass is 313 g/mol. The molecule has 0 saturated heterocycles. The Morgan fingerprint density at radius 2 is 2.05 bits per heavy atom. The maximum absolute atomic E-state index is 11.9. The van der Waals surface area contributed by atoms with Crippen LogP contribution >= 0.6 is 0 Å². The van der Waals surface area contributed by atoms with Gasteiger partial charge < -0.3 is 15.2 Å². The number of carboxylic acid groups (broad SMARTS) is 1. The van der Waals surface area contributed by atoms with Gasteiger partial charge >= 0.3 is 5.97 Å². The predicted octanol–water partition coefficient (Wildman–Crippen LogP) is 1.91. The standard InChI is InChI=1S/C14H19NO5S/c1-3-14(4-2)9-15-11-7-10(5-6-12(11)20-14)21(18,19)8-13(16)17/h5-7,15H,3-4,8-9H2,1-2H3,(H,16,17). The van der Waals surface area contributed by atoms with Crippen LogP contribution in [0.4, 0.5) is 5.69 Å². The summed E-state index contributed by atoms with van der Waals surface area (Å²) in [5.41, 5.74) is 0.299. The average molecular weight is 313 g/mol. The van der Waals surface area contributed by atoms with E-state index in [1.165, 1.54) is 12.1 Å². The van der Waals surface area contributed by atoms with Gasteiger partial charge in [0, 0.05) is 0 Å². The minimum absolute atomic E-state index is 0.0137. The van der Waals surface area contributed by atoms with Crippen LogP contribution in [0.1, 0.15) is 26.7 Å². The molecule has 0 bridgehead atoms. The predicted molar refractivity (Wildman–Crippen MR) is 78.6 cm³/mol. The summed E-state index contributed by atoms with van der Waals surface area (Å²) in [5, 5.41) is 11.8. The van der Waals surface area contributed by atoms with Crippen molar-refractivity contribution in [2.75, 3.05) is 17.6 Å². The van der Waals surface area contributed by atoms with Gasteiger partial charge in [0.05, 0.1) is 17.1 Å². The molecule has 2 N–H and O–H groups in total. The second-order valence-corrected chi connectivity index (χ2v) is 7.15. The summed E-state index contributed by atoms with van der Waals surface area (Å²) in [4.78, 5) is 10.6. The molecule has 0 amide bonds. The number of aliphatic carboxylic acids is 1. The van der Waals surface area contributed by atoms with E-state index in [2.05, 4.69) is 5.32 Å². The number of anilines is 1. The number of ether oxygens (including phenoxy) is 1. The van der Waals surface area contributed by atoms with Crippen molar-refractivity contribution in [3.8, 4) is 5.75 Å². The number of carboxylic acids is 1. The molecule has 0 atom stereocenters. The van der Waals surface area contributed by atoms with E-state index in [0.717, 1.165) is 12.8 Å². The van der Waals surface area contributed by atoms with Crippen LogP contribution in [0.25, 0.3) is 0 Å². The Bertz CT molecular complexity index is 649. The third kappa shape index (κ3) is 3.12. The fraction of sp³-hybridized carbons (Fsp3) is 0.500. The molecule has 2 rings (SSSR count). The molecule has 0 aliphatic carbocycles. The van der Waals surface area contributed by atoms with E-state index in [9.17, 15) is 13.2 Å². The summed E-state index contributed by atoms with van der Waals surface area (Å²) in [5.74, 6) is -1.69. The van der Waals surface area contributed by atoms with E-state index in [1.54, 1.807) is 6.07 Å². The van der Waals surface area contributed by atoms with E-state index < -0.39 is 21.6 Å². The van der Waals surface area contributed by atoms with Gasteiger partial charge in [-0.1, -0.05) is 13.8 Å². The molecular weight excluding hydrogens is 294 g/mol. The van der Waals surface area contributed by atoms with Crippen molar-refractivity contribution in [1.82, 2.24) is 0 Å². The Labute approximate surface area is 124 Å². The highest BCUT2D eigenvalue weighted by Crippen LogP contribution is 2.37. The quantitative estimate of drug-likeness (QED) is 0.862. The van der Waals surface area contributed by atoms with Gasteiger partial charge in [-0.15, -0.1) is 0 Å². The minimum atomic E-state index is -3.83. The molecule has 0 fully saturated rings. The van der Waals surface area contributed by atoms with Crippen LogP contribution in [0.3, 0.4) is 0 Å². The van der Waals surface area contributed by atoms with Crippen molar-refractivity contribution in [2.24, 2.45) is 0 Å². The largest absolute Gasteiger partial charge is 0.483 e. The molecule has 0 radical (unpaired) electrons. The molecule has 1 aromatic rings. The second kappa shape index (κ2) is 5.55. The lowest BCUT2D eigenvalue weighted by Crippen LogP contribution is -2.44. The Balaban J connectivity index is 2.33. The maximum Gasteiger partial charge on any atom is 0.319 e. The topological polar surface area (TPSA) is 92.7 Å². The van der Waals surface area contributed by atoms with E-state index in [4.69, 9.17) is 9.84 Å². The Morgan fingerprint density at radius 1 is 1.38 bits per heavy atom. The first kappa shape index (κ1) is 15.6. The van der Waals surface area contributed by atoms with Crippen LogP contribution in [0, 0.1) is 0 Å². The van der Waals surface area contributed by atoms with Crippen LogP contribution in [0.15, 0.2) is 23.1 Å². The van der Waals surface area contributed by atoms with Gasteiger partial charge in [0.1, 0.15) is 11.4 Å². The molecule has 116 valence electrons. The van der Waals surface area contributed by atoms with Crippen molar-refractivity contribution in [1.29, 1.82) is 0 Å². The summed E-state index contributed by atoms with van der Waals surface area (Å²) in [6.45, 7) is 4.68. The van der Waals surface area contributed by atoms with Crippen molar-refractivity contribution < 1.29 is 23.1 Å². The molecular formula is C14H19NO5S. The van der Waals surface area contributed by atoms with Crippen LogP contribution in [-0.2, 0) is 14.6 Å². The first-order valence-electron chi connectivity index (χ1n) is 6.83. The molecule has 0 aromatic heterocycles. The molecule has 0 unspecified atom stereocenters. The fourth-order valence-electron chi connectivity index (χ4n) is 2.35. The highest BCUT2D eigenvalue weighted by Gasteiger charge is 2.33. The summed E-state index contributed by atoms with van der Waals surface area (Å²) >= 11 is 0. The number of rotatable bonds is 5. The van der Waals surface area contributed by atoms with Gasteiger partial charge in [0.2, 0.25) is 0 Å². The second-order valence-electron chi connectivity index (χ2n) is 5.16. The molecule has 1 heterocycles. The SMILES string of the molecule is CCC1(CC)CNc2cc(S(=O)(=O)CC(=O)O)ccc2O1. The van der Waals surface area contributed by atoms with Gasteiger partial charge in [-0.25, -0.2) is 8.42 Å². The number of nitrogens with one attached hydrogen (secondary N) is 1. The zero-order chi connectivity index (χ0) is 15.7. The van der Waals surface area contributed by atoms with Crippen LogP contribution in [-0.4, -0.2) is 37.4 Å². The van der Waals surface area contributed by atoms with Crippen molar-refractivity contribution in [2.45, 2.75) is 37.2 Å². The van der Waals surface area contributed by atoms with E-state index in [0.29, 0.717) is 18.0 Å². The van der Waals surface area contributed by atoms with Crippen LogP contribution < -0.4 is 10.1 Å². The number of hydrogen-bond acceptors (Lipinski definition) is 5. The molecule has 1 aliphatic heterocycles. The fourth-order valence-corrected chi connectivity index (χ4v) is 3.41. The smallest absolute Gasteiger partial charge is 0.319 e. The zero-order valence-corrected chi connectivity index (χ0v) is 12.9. The molecule has 21 heavy (non-hydrogen) atoms. The summed E-state index contributed by atoms with van der Waals surface area (Å²) in [7, 11) is -3.83. The van der Waals surface area contributed by atoms with Crippen LogP contribution in [0.2, 0.25) is 0 Å².